The number of guanidine groups is 1. The van der Waals surface area contributed by atoms with Crippen molar-refractivity contribution in [2.45, 2.75) is 32.5 Å². The summed E-state index contributed by atoms with van der Waals surface area (Å²) < 4.78 is 0. The van der Waals surface area contributed by atoms with Gasteiger partial charge < -0.3 is 15.5 Å². The Labute approximate surface area is 155 Å². The summed E-state index contributed by atoms with van der Waals surface area (Å²) in [5, 5.41) is 6.67. The number of nitrogens with zero attached hydrogens (tertiary/aromatic N) is 2. The Balaban J connectivity index is 1.51. The van der Waals surface area contributed by atoms with E-state index >= 15 is 0 Å². The van der Waals surface area contributed by atoms with Crippen LogP contribution in [0.25, 0.3) is 0 Å². The zero-order chi connectivity index (χ0) is 18.2. The summed E-state index contributed by atoms with van der Waals surface area (Å²) in [6.45, 7) is 3.00. The number of hydrogen-bond acceptors (Lipinski definition) is 2. The lowest BCUT2D eigenvalue weighted by atomic mass is 10.1. The third-order valence-corrected chi connectivity index (χ3v) is 4.52. The molecule has 1 amide bonds. The Hall–Kier alpha value is -2.82. The predicted octanol–water partition coefficient (Wildman–Crippen LogP) is 2.67. The van der Waals surface area contributed by atoms with E-state index < -0.39 is 0 Å². The standard InChI is InChI=1S/C21H26N4O/c1-22-21(23-14-17-7-3-2-4-8-17)24-15-18-9-5-10-19(13-18)16-25-12-6-11-20(25)26/h2-5,7-10,13H,6,11-12,14-16H2,1H3,(H2,22,23,24). The van der Waals surface area contributed by atoms with Crippen molar-refractivity contribution in [3.8, 4) is 0 Å². The van der Waals surface area contributed by atoms with Crippen LogP contribution in [0.15, 0.2) is 59.6 Å². The first-order chi connectivity index (χ1) is 12.7. The highest BCUT2D eigenvalue weighted by atomic mass is 16.2. The molecule has 2 N–H and O–H groups in total. The van der Waals surface area contributed by atoms with Gasteiger partial charge in [0.2, 0.25) is 5.91 Å². The van der Waals surface area contributed by atoms with Crippen molar-refractivity contribution in [1.29, 1.82) is 0 Å². The molecule has 1 heterocycles. The fourth-order valence-electron chi connectivity index (χ4n) is 3.12. The molecule has 5 heteroatoms. The van der Waals surface area contributed by atoms with Gasteiger partial charge in [0.25, 0.3) is 0 Å². The van der Waals surface area contributed by atoms with Crippen molar-refractivity contribution in [3.05, 3.63) is 71.3 Å². The summed E-state index contributed by atoms with van der Waals surface area (Å²) in [5.74, 6) is 1.04. The van der Waals surface area contributed by atoms with Crippen LogP contribution < -0.4 is 10.6 Å². The number of aliphatic imine (C=N–C) groups is 1. The Morgan fingerprint density at radius 2 is 1.69 bits per heavy atom. The zero-order valence-corrected chi connectivity index (χ0v) is 15.2. The molecule has 1 aliphatic rings. The third kappa shape index (κ3) is 5.09. The van der Waals surface area contributed by atoms with Crippen LogP contribution in [0.5, 0.6) is 0 Å². The minimum absolute atomic E-state index is 0.263. The summed E-state index contributed by atoms with van der Waals surface area (Å²) in [6, 6.07) is 18.6. The molecule has 2 aromatic rings. The Morgan fingerprint density at radius 3 is 2.38 bits per heavy atom. The fourth-order valence-corrected chi connectivity index (χ4v) is 3.12. The summed E-state index contributed by atoms with van der Waals surface area (Å²) in [7, 11) is 1.77. The van der Waals surface area contributed by atoms with Gasteiger partial charge in [-0.05, 0) is 23.1 Å². The van der Waals surface area contributed by atoms with Crippen LogP contribution in [-0.4, -0.2) is 30.4 Å². The molecule has 5 nitrogen and oxygen atoms in total. The predicted molar refractivity (Wildman–Crippen MR) is 105 cm³/mol. The van der Waals surface area contributed by atoms with Crippen LogP contribution in [0, 0.1) is 0 Å². The van der Waals surface area contributed by atoms with Gasteiger partial charge in [-0.1, -0.05) is 54.6 Å². The van der Waals surface area contributed by atoms with Gasteiger partial charge in [0.05, 0.1) is 0 Å². The van der Waals surface area contributed by atoms with E-state index in [9.17, 15) is 4.79 Å². The highest BCUT2D eigenvalue weighted by Crippen LogP contribution is 2.15. The summed E-state index contributed by atoms with van der Waals surface area (Å²) >= 11 is 0. The molecule has 2 aromatic carbocycles. The molecule has 0 atom stereocenters. The first-order valence-electron chi connectivity index (χ1n) is 9.08. The molecule has 0 saturated carbocycles. The van der Waals surface area contributed by atoms with Crippen LogP contribution in [0.4, 0.5) is 0 Å². The topological polar surface area (TPSA) is 56.7 Å². The van der Waals surface area contributed by atoms with E-state index in [0.717, 1.165) is 25.5 Å². The van der Waals surface area contributed by atoms with Crippen LogP contribution in [-0.2, 0) is 24.4 Å². The quantitative estimate of drug-likeness (QED) is 0.622. The zero-order valence-electron chi connectivity index (χ0n) is 15.2. The number of rotatable bonds is 6. The molecule has 0 spiro atoms. The number of carbonyl (C=O) groups is 1. The molecule has 0 unspecified atom stereocenters. The second-order valence-corrected chi connectivity index (χ2v) is 6.50. The molecule has 0 aromatic heterocycles. The maximum atomic E-state index is 11.8. The maximum absolute atomic E-state index is 11.8. The SMILES string of the molecule is CN=C(NCc1ccccc1)NCc1cccc(CN2CCCC2=O)c1. The normalized spacial score (nSPS) is 14.6. The Morgan fingerprint density at radius 1 is 1.00 bits per heavy atom. The molecule has 1 aliphatic heterocycles. The van der Waals surface area contributed by atoms with Crippen LogP contribution in [0.1, 0.15) is 29.5 Å². The minimum Gasteiger partial charge on any atom is -0.352 e. The van der Waals surface area contributed by atoms with Crippen molar-refractivity contribution in [2.24, 2.45) is 4.99 Å². The maximum Gasteiger partial charge on any atom is 0.222 e. The average molecular weight is 350 g/mol. The van der Waals surface area contributed by atoms with Gasteiger partial charge in [-0.25, -0.2) is 0 Å². The second kappa shape index (κ2) is 9.04. The van der Waals surface area contributed by atoms with Crippen molar-refractivity contribution in [3.63, 3.8) is 0 Å². The molecule has 0 radical (unpaired) electrons. The minimum atomic E-state index is 0.263. The highest BCUT2D eigenvalue weighted by molar-refractivity contribution is 5.79. The highest BCUT2D eigenvalue weighted by Gasteiger charge is 2.19. The Kier molecular flexibility index (Phi) is 6.25. The van der Waals surface area contributed by atoms with Gasteiger partial charge in [0.1, 0.15) is 0 Å². The van der Waals surface area contributed by atoms with E-state index in [4.69, 9.17) is 0 Å². The molecular formula is C21H26N4O. The lowest BCUT2D eigenvalue weighted by Crippen LogP contribution is -2.36. The monoisotopic (exact) mass is 350 g/mol. The third-order valence-electron chi connectivity index (χ3n) is 4.52. The second-order valence-electron chi connectivity index (χ2n) is 6.50. The lowest BCUT2D eigenvalue weighted by Gasteiger charge is -2.16. The van der Waals surface area contributed by atoms with Crippen LogP contribution in [0.3, 0.4) is 0 Å². The smallest absolute Gasteiger partial charge is 0.222 e. The van der Waals surface area contributed by atoms with E-state index in [1.165, 1.54) is 16.7 Å². The van der Waals surface area contributed by atoms with E-state index in [0.29, 0.717) is 19.5 Å². The largest absolute Gasteiger partial charge is 0.352 e. The fraction of sp³-hybridized carbons (Fsp3) is 0.333. The Bertz CT molecular complexity index is 758. The van der Waals surface area contributed by atoms with Gasteiger partial charge in [-0.2, -0.15) is 0 Å². The van der Waals surface area contributed by atoms with E-state index in [-0.39, 0.29) is 5.91 Å². The van der Waals surface area contributed by atoms with Crippen molar-refractivity contribution < 1.29 is 4.79 Å². The number of benzene rings is 2. The van der Waals surface area contributed by atoms with Gasteiger partial charge in [-0.15, -0.1) is 0 Å². The molecule has 1 saturated heterocycles. The molecule has 26 heavy (non-hydrogen) atoms. The average Bonchev–Trinajstić information content (AvgIpc) is 3.08. The molecule has 0 bridgehead atoms. The number of hydrogen-bond donors (Lipinski definition) is 2. The van der Waals surface area contributed by atoms with Gasteiger partial charge >= 0.3 is 0 Å². The van der Waals surface area contributed by atoms with E-state index in [1.807, 2.05) is 29.2 Å². The number of nitrogens with one attached hydrogen (secondary N) is 2. The van der Waals surface area contributed by atoms with Crippen LogP contribution >= 0.6 is 0 Å². The molecule has 1 fully saturated rings. The van der Waals surface area contributed by atoms with Gasteiger partial charge in [0.15, 0.2) is 5.96 Å². The summed E-state index contributed by atoms with van der Waals surface area (Å²) in [4.78, 5) is 18.0. The van der Waals surface area contributed by atoms with Crippen LogP contribution in [0.2, 0.25) is 0 Å². The lowest BCUT2D eigenvalue weighted by molar-refractivity contribution is -0.128. The van der Waals surface area contributed by atoms with E-state index in [2.05, 4.69) is 46.0 Å². The first kappa shape index (κ1) is 18.0. The number of carbonyl (C=O) groups excluding carboxylic acids is 1. The van der Waals surface area contributed by atoms with Crippen molar-refractivity contribution >= 4 is 11.9 Å². The molecule has 3 rings (SSSR count). The van der Waals surface area contributed by atoms with Crippen molar-refractivity contribution in [2.75, 3.05) is 13.6 Å². The summed E-state index contributed by atoms with van der Waals surface area (Å²) in [6.07, 6.45) is 1.66. The number of likely N-dealkylation sites (tertiary alicyclic amines) is 1. The molecular weight excluding hydrogens is 324 g/mol. The van der Waals surface area contributed by atoms with E-state index in [1.54, 1.807) is 7.05 Å². The summed E-state index contributed by atoms with van der Waals surface area (Å²) in [5.41, 5.74) is 3.57. The molecule has 0 aliphatic carbocycles. The van der Waals surface area contributed by atoms with Gasteiger partial charge in [-0.3, -0.25) is 9.79 Å². The number of amides is 1. The first-order valence-corrected chi connectivity index (χ1v) is 9.08. The molecule has 136 valence electrons. The van der Waals surface area contributed by atoms with Crippen molar-refractivity contribution in [1.82, 2.24) is 15.5 Å². The van der Waals surface area contributed by atoms with Gasteiger partial charge in [0, 0.05) is 39.6 Å².